The van der Waals surface area contributed by atoms with Crippen LogP contribution in [0.3, 0.4) is 0 Å². The molecule has 0 spiro atoms. The average molecular weight is 313 g/mol. The van der Waals surface area contributed by atoms with Crippen molar-refractivity contribution in [1.29, 1.82) is 0 Å². The van der Waals surface area contributed by atoms with Crippen LogP contribution in [0, 0.1) is 13.8 Å². The largest absolute Gasteiger partial charge is 0.493 e. The van der Waals surface area contributed by atoms with Gasteiger partial charge in [0.1, 0.15) is 0 Å². The van der Waals surface area contributed by atoms with Crippen LogP contribution in [0.25, 0.3) is 0 Å². The molecule has 0 bridgehead atoms. The number of aryl methyl sites for hydroxylation is 2. The second-order valence-electron chi connectivity index (χ2n) is 5.92. The van der Waals surface area contributed by atoms with E-state index in [-0.39, 0.29) is 0 Å². The van der Waals surface area contributed by atoms with Gasteiger partial charge in [0.15, 0.2) is 11.5 Å². The van der Waals surface area contributed by atoms with Gasteiger partial charge in [-0.3, -0.25) is 0 Å². The summed E-state index contributed by atoms with van der Waals surface area (Å²) in [5.41, 5.74) is 11.2. The molecule has 3 heteroatoms. The standard InChI is InChI=1S/C20H27NO2/c1-5-23-19-9-8-16(12-20(19)22-4)11-17(13-21)18-10-14(2)6-7-15(18)3/h6-10,12,17H,5,11,13,21H2,1-4H3. The molecule has 1 atom stereocenters. The second-order valence-corrected chi connectivity index (χ2v) is 5.92. The van der Waals surface area contributed by atoms with Crippen LogP contribution in [0.4, 0.5) is 0 Å². The highest BCUT2D eigenvalue weighted by molar-refractivity contribution is 5.44. The first-order valence-electron chi connectivity index (χ1n) is 8.16. The quantitative estimate of drug-likeness (QED) is 0.840. The number of hydrogen-bond donors (Lipinski definition) is 1. The van der Waals surface area contributed by atoms with Gasteiger partial charge in [0.25, 0.3) is 0 Å². The van der Waals surface area contributed by atoms with Crippen molar-refractivity contribution in [3.63, 3.8) is 0 Å². The van der Waals surface area contributed by atoms with Crippen molar-refractivity contribution in [3.05, 3.63) is 58.7 Å². The van der Waals surface area contributed by atoms with Gasteiger partial charge in [-0.25, -0.2) is 0 Å². The Bertz CT molecular complexity index is 652. The van der Waals surface area contributed by atoms with E-state index < -0.39 is 0 Å². The Morgan fingerprint density at radius 2 is 1.83 bits per heavy atom. The summed E-state index contributed by atoms with van der Waals surface area (Å²) in [6, 6.07) is 12.7. The van der Waals surface area contributed by atoms with Gasteiger partial charge in [0.2, 0.25) is 0 Å². The van der Waals surface area contributed by atoms with E-state index in [1.54, 1.807) is 7.11 Å². The Hall–Kier alpha value is -2.00. The molecule has 0 amide bonds. The molecule has 2 aromatic rings. The molecule has 0 radical (unpaired) electrons. The van der Waals surface area contributed by atoms with E-state index in [2.05, 4.69) is 44.2 Å². The number of hydrogen-bond acceptors (Lipinski definition) is 3. The summed E-state index contributed by atoms with van der Waals surface area (Å²) in [5.74, 6) is 1.87. The molecule has 2 aromatic carbocycles. The van der Waals surface area contributed by atoms with Crippen molar-refractivity contribution < 1.29 is 9.47 Å². The molecule has 23 heavy (non-hydrogen) atoms. The predicted octanol–water partition coefficient (Wildman–Crippen LogP) is 4.00. The van der Waals surface area contributed by atoms with Gasteiger partial charge in [-0.15, -0.1) is 0 Å². The Morgan fingerprint density at radius 1 is 1.04 bits per heavy atom. The van der Waals surface area contributed by atoms with Gasteiger partial charge in [0, 0.05) is 5.92 Å². The SMILES string of the molecule is CCOc1ccc(CC(CN)c2cc(C)ccc2C)cc1OC. The molecule has 0 aliphatic carbocycles. The summed E-state index contributed by atoms with van der Waals surface area (Å²) >= 11 is 0. The molecule has 0 fully saturated rings. The summed E-state index contributed by atoms with van der Waals surface area (Å²) in [5, 5.41) is 0. The Morgan fingerprint density at radius 3 is 2.48 bits per heavy atom. The molecule has 0 aliphatic heterocycles. The highest BCUT2D eigenvalue weighted by Crippen LogP contribution is 2.31. The lowest BCUT2D eigenvalue weighted by molar-refractivity contribution is 0.310. The fraction of sp³-hybridized carbons (Fsp3) is 0.400. The number of nitrogens with two attached hydrogens (primary N) is 1. The minimum absolute atomic E-state index is 0.303. The van der Waals surface area contributed by atoms with Crippen molar-refractivity contribution in [3.8, 4) is 11.5 Å². The number of methoxy groups -OCH3 is 1. The summed E-state index contributed by atoms with van der Waals surface area (Å²) in [6.07, 6.45) is 0.892. The maximum atomic E-state index is 6.06. The van der Waals surface area contributed by atoms with Crippen LogP contribution in [0.15, 0.2) is 36.4 Å². The van der Waals surface area contributed by atoms with Gasteiger partial charge in [-0.2, -0.15) is 0 Å². The van der Waals surface area contributed by atoms with E-state index in [9.17, 15) is 0 Å². The van der Waals surface area contributed by atoms with E-state index in [1.807, 2.05) is 13.0 Å². The van der Waals surface area contributed by atoms with Crippen molar-refractivity contribution >= 4 is 0 Å². The minimum Gasteiger partial charge on any atom is -0.493 e. The van der Waals surface area contributed by atoms with Gasteiger partial charge in [-0.1, -0.05) is 29.8 Å². The van der Waals surface area contributed by atoms with Crippen LogP contribution in [0.2, 0.25) is 0 Å². The third kappa shape index (κ3) is 4.26. The molecule has 2 N–H and O–H groups in total. The summed E-state index contributed by atoms with van der Waals surface area (Å²) in [6.45, 7) is 7.49. The van der Waals surface area contributed by atoms with Crippen LogP contribution in [-0.4, -0.2) is 20.3 Å². The highest BCUT2D eigenvalue weighted by Gasteiger charge is 2.15. The Kier molecular flexibility index (Phi) is 6.05. The lowest BCUT2D eigenvalue weighted by atomic mass is 9.88. The van der Waals surface area contributed by atoms with Crippen molar-refractivity contribution in [2.75, 3.05) is 20.3 Å². The van der Waals surface area contributed by atoms with Crippen LogP contribution in [-0.2, 0) is 6.42 Å². The average Bonchev–Trinajstić information content (AvgIpc) is 2.56. The molecule has 0 saturated heterocycles. The normalized spacial score (nSPS) is 12.0. The first-order valence-corrected chi connectivity index (χ1v) is 8.16. The van der Waals surface area contributed by atoms with Crippen LogP contribution in [0.5, 0.6) is 11.5 Å². The lowest BCUT2D eigenvalue weighted by Gasteiger charge is -2.19. The van der Waals surface area contributed by atoms with Gasteiger partial charge in [0.05, 0.1) is 13.7 Å². The van der Waals surface area contributed by atoms with Gasteiger partial charge < -0.3 is 15.2 Å². The van der Waals surface area contributed by atoms with Crippen LogP contribution < -0.4 is 15.2 Å². The summed E-state index contributed by atoms with van der Waals surface area (Å²) in [7, 11) is 1.67. The molecule has 2 rings (SSSR count). The first-order chi connectivity index (χ1) is 11.1. The van der Waals surface area contributed by atoms with Gasteiger partial charge >= 0.3 is 0 Å². The maximum Gasteiger partial charge on any atom is 0.161 e. The fourth-order valence-corrected chi connectivity index (χ4v) is 2.92. The molecule has 1 unspecified atom stereocenters. The van der Waals surface area contributed by atoms with E-state index in [0.29, 0.717) is 19.1 Å². The van der Waals surface area contributed by atoms with E-state index in [4.69, 9.17) is 15.2 Å². The number of rotatable bonds is 7. The second kappa shape index (κ2) is 8.02. The molecule has 3 nitrogen and oxygen atoms in total. The van der Waals surface area contributed by atoms with Crippen molar-refractivity contribution in [2.24, 2.45) is 5.73 Å². The number of benzene rings is 2. The van der Waals surface area contributed by atoms with Crippen molar-refractivity contribution in [1.82, 2.24) is 0 Å². The number of ether oxygens (including phenoxy) is 2. The van der Waals surface area contributed by atoms with Crippen LogP contribution in [0.1, 0.15) is 35.1 Å². The smallest absolute Gasteiger partial charge is 0.161 e. The fourth-order valence-electron chi connectivity index (χ4n) is 2.92. The van der Waals surface area contributed by atoms with E-state index >= 15 is 0 Å². The van der Waals surface area contributed by atoms with Gasteiger partial charge in [-0.05, 0) is 62.6 Å². The third-order valence-electron chi connectivity index (χ3n) is 4.17. The van der Waals surface area contributed by atoms with E-state index in [1.165, 1.54) is 22.3 Å². The Labute approximate surface area is 139 Å². The molecular formula is C20H27NO2. The maximum absolute atomic E-state index is 6.06. The zero-order valence-electron chi connectivity index (χ0n) is 14.6. The molecule has 0 saturated carbocycles. The van der Waals surface area contributed by atoms with Crippen molar-refractivity contribution in [2.45, 2.75) is 33.1 Å². The predicted molar refractivity (Wildman–Crippen MR) is 95.6 cm³/mol. The molecule has 0 aromatic heterocycles. The first kappa shape index (κ1) is 17.4. The molecule has 0 aliphatic rings. The summed E-state index contributed by atoms with van der Waals surface area (Å²) in [4.78, 5) is 0. The minimum atomic E-state index is 0.303. The zero-order chi connectivity index (χ0) is 16.8. The monoisotopic (exact) mass is 313 g/mol. The Balaban J connectivity index is 2.26. The third-order valence-corrected chi connectivity index (χ3v) is 4.17. The molecule has 124 valence electrons. The lowest BCUT2D eigenvalue weighted by Crippen LogP contribution is -2.16. The topological polar surface area (TPSA) is 44.5 Å². The summed E-state index contributed by atoms with van der Waals surface area (Å²) < 4.78 is 11.0. The van der Waals surface area contributed by atoms with Crippen LogP contribution >= 0.6 is 0 Å². The van der Waals surface area contributed by atoms with E-state index in [0.717, 1.165) is 17.9 Å². The highest BCUT2D eigenvalue weighted by atomic mass is 16.5. The zero-order valence-corrected chi connectivity index (χ0v) is 14.6. The molecule has 0 heterocycles. The molecular weight excluding hydrogens is 286 g/mol.